The second-order valence-corrected chi connectivity index (χ2v) is 7.14. The molecule has 0 radical (unpaired) electrons. The summed E-state index contributed by atoms with van der Waals surface area (Å²) in [6.45, 7) is 6.38. The molecule has 2 aliphatic carbocycles. The Morgan fingerprint density at radius 1 is 1.37 bits per heavy atom. The summed E-state index contributed by atoms with van der Waals surface area (Å²) in [7, 11) is 0. The molecule has 0 aromatic carbocycles. The van der Waals surface area contributed by atoms with E-state index in [0.717, 1.165) is 25.3 Å². The number of nitrogens with two attached hydrogens (primary N) is 1. The quantitative estimate of drug-likeness (QED) is 0.198. The third-order valence-corrected chi connectivity index (χ3v) is 5.02. The van der Waals surface area contributed by atoms with Crippen molar-refractivity contribution in [2.45, 2.75) is 58.8 Å². The number of rotatable bonds is 9. The van der Waals surface area contributed by atoms with E-state index in [0.29, 0.717) is 11.3 Å². The number of amidine groups is 1. The highest BCUT2D eigenvalue weighted by Gasteiger charge is 2.52. The smallest absolute Gasteiger partial charge is 0.144 e. The minimum atomic E-state index is -0.194. The Balaban J connectivity index is 1.53. The molecule has 110 valence electrons. The lowest BCUT2D eigenvalue weighted by atomic mass is 9.86. The number of hydrogen-bond donors (Lipinski definition) is 3. The molecule has 0 aliphatic heterocycles. The van der Waals surface area contributed by atoms with Crippen LogP contribution in [0.5, 0.6) is 0 Å². The van der Waals surface area contributed by atoms with Gasteiger partial charge in [-0.25, -0.2) is 0 Å². The molecule has 0 aromatic rings. The molecule has 19 heavy (non-hydrogen) atoms. The van der Waals surface area contributed by atoms with Crippen molar-refractivity contribution in [3.8, 4) is 0 Å². The zero-order chi connectivity index (χ0) is 13.9. The molecule has 2 rings (SSSR count). The number of nitrogens with one attached hydrogen (secondary N) is 1. The average Bonchev–Trinajstić information content (AvgIpc) is 3.24. The van der Waals surface area contributed by atoms with Gasteiger partial charge >= 0.3 is 0 Å². The van der Waals surface area contributed by atoms with Crippen molar-refractivity contribution >= 4 is 5.84 Å². The summed E-state index contributed by atoms with van der Waals surface area (Å²) < 4.78 is 0. The third-order valence-electron chi connectivity index (χ3n) is 5.02. The second kappa shape index (κ2) is 5.70. The van der Waals surface area contributed by atoms with Crippen molar-refractivity contribution in [1.82, 2.24) is 5.32 Å². The average molecular weight is 267 g/mol. The van der Waals surface area contributed by atoms with Crippen LogP contribution in [-0.4, -0.2) is 24.1 Å². The molecule has 0 spiro atoms. The fourth-order valence-electron chi connectivity index (χ4n) is 3.00. The van der Waals surface area contributed by atoms with E-state index in [2.05, 4.69) is 10.5 Å². The lowest BCUT2D eigenvalue weighted by molar-refractivity contribution is 0.304. The van der Waals surface area contributed by atoms with Gasteiger partial charge in [0.1, 0.15) is 5.84 Å². The normalized spacial score (nSPS) is 22.5. The molecule has 4 heteroatoms. The van der Waals surface area contributed by atoms with E-state index in [1.54, 1.807) is 0 Å². The van der Waals surface area contributed by atoms with Crippen LogP contribution in [0.1, 0.15) is 58.8 Å². The Morgan fingerprint density at radius 2 is 2.05 bits per heavy atom. The Labute approximate surface area is 116 Å². The standard InChI is InChI=1S/C15H29N3O/c1-14(2,13(16)18-19)7-3-4-10-17-11-15(8-9-15)12-5-6-12/h12,17,19H,3-11H2,1-2H3,(H2,16,18). The minimum Gasteiger partial charge on any atom is -0.409 e. The Bertz CT molecular complexity index is 330. The van der Waals surface area contributed by atoms with Gasteiger partial charge in [0.25, 0.3) is 0 Å². The highest BCUT2D eigenvalue weighted by Crippen LogP contribution is 2.60. The van der Waals surface area contributed by atoms with E-state index in [1.165, 1.54) is 38.6 Å². The maximum atomic E-state index is 8.72. The number of hydrogen-bond acceptors (Lipinski definition) is 3. The molecule has 0 amide bonds. The van der Waals surface area contributed by atoms with Crippen molar-refractivity contribution in [3.05, 3.63) is 0 Å². The van der Waals surface area contributed by atoms with E-state index in [-0.39, 0.29) is 5.41 Å². The largest absolute Gasteiger partial charge is 0.409 e. The number of oxime groups is 1. The first kappa shape index (κ1) is 14.6. The van der Waals surface area contributed by atoms with Gasteiger partial charge in [-0.1, -0.05) is 25.4 Å². The summed E-state index contributed by atoms with van der Waals surface area (Å²) >= 11 is 0. The van der Waals surface area contributed by atoms with Gasteiger partial charge in [-0.05, 0) is 56.4 Å². The molecule has 4 nitrogen and oxygen atoms in total. The van der Waals surface area contributed by atoms with Crippen molar-refractivity contribution in [1.29, 1.82) is 0 Å². The van der Waals surface area contributed by atoms with Gasteiger partial charge in [-0.2, -0.15) is 0 Å². The third kappa shape index (κ3) is 3.85. The van der Waals surface area contributed by atoms with E-state index < -0.39 is 0 Å². The summed E-state index contributed by atoms with van der Waals surface area (Å²) in [5.41, 5.74) is 6.19. The molecule has 0 bridgehead atoms. The Morgan fingerprint density at radius 3 is 2.58 bits per heavy atom. The second-order valence-electron chi connectivity index (χ2n) is 7.14. The fraction of sp³-hybridized carbons (Fsp3) is 0.933. The summed E-state index contributed by atoms with van der Waals surface area (Å²) in [4.78, 5) is 0. The molecule has 0 heterocycles. The molecule has 0 saturated heterocycles. The molecular formula is C15H29N3O. The molecule has 0 atom stereocenters. The molecule has 4 N–H and O–H groups in total. The van der Waals surface area contributed by atoms with Crippen LogP contribution in [0, 0.1) is 16.7 Å². The van der Waals surface area contributed by atoms with Crippen LogP contribution in [0.15, 0.2) is 5.16 Å². The van der Waals surface area contributed by atoms with Crippen molar-refractivity contribution in [2.24, 2.45) is 27.6 Å². The first-order valence-electron chi connectivity index (χ1n) is 7.69. The predicted octanol–water partition coefficient (Wildman–Crippen LogP) is 2.71. The van der Waals surface area contributed by atoms with Gasteiger partial charge in [0.2, 0.25) is 0 Å². The highest BCUT2D eigenvalue weighted by atomic mass is 16.4. The first-order valence-corrected chi connectivity index (χ1v) is 7.69. The zero-order valence-electron chi connectivity index (χ0n) is 12.4. The molecular weight excluding hydrogens is 238 g/mol. The van der Waals surface area contributed by atoms with E-state index in [4.69, 9.17) is 10.9 Å². The summed E-state index contributed by atoms with van der Waals surface area (Å²) in [5, 5.41) is 15.5. The van der Waals surface area contributed by atoms with E-state index >= 15 is 0 Å². The van der Waals surface area contributed by atoms with Gasteiger partial charge in [-0.15, -0.1) is 0 Å². The maximum Gasteiger partial charge on any atom is 0.144 e. The van der Waals surface area contributed by atoms with Crippen LogP contribution >= 0.6 is 0 Å². The fourth-order valence-corrected chi connectivity index (χ4v) is 3.00. The number of unbranched alkanes of at least 4 members (excludes halogenated alkanes) is 1. The zero-order valence-corrected chi connectivity index (χ0v) is 12.4. The van der Waals surface area contributed by atoms with Gasteiger partial charge < -0.3 is 16.3 Å². The summed E-state index contributed by atoms with van der Waals surface area (Å²) in [6.07, 6.45) is 9.08. The van der Waals surface area contributed by atoms with Crippen molar-refractivity contribution in [3.63, 3.8) is 0 Å². The van der Waals surface area contributed by atoms with Crippen LogP contribution < -0.4 is 11.1 Å². The maximum absolute atomic E-state index is 8.72. The highest BCUT2D eigenvalue weighted by molar-refractivity contribution is 5.85. The van der Waals surface area contributed by atoms with Gasteiger partial charge in [0.05, 0.1) is 0 Å². The van der Waals surface area contributed by atoms with E-state index in [9.17, 15) is 0 Å². The van der Waals surface area contributed by atoms with Crippen LogP contribution in [0.3, 0.4) is 0 Å². The first-order chi connectivity index (χ1) is 9.00. The van der Waals surface area contributed by atoms with Gasteiger partial charge in [-0.3, -0.25) is 0 Å². The van der Waals surface area contributed by atoms with Crippen molar-refractivity contribution < 1.29 is 5.21 Å². The summed E-state index contributed by atoms with van der Waals surface area (Å²) in [5.74, 6) is 1.38. The van der Waals surface area contributed by atoms with Crippen LogP contribution in [0.25, 0.3) is 0 Å². The SMILES string of the molecule is CC(C)(CCCCNCC1(C2CC2)CC1)C(N)=NO. The van der Waals surface area contributed by atoms with Gasteiger partial charge in [0.15, 0.2) is 0 Å². The van der Waals surface area contributed by atoms with Crippen LogP contribution in [0.2, 0.25) is 0 Å². The van der Waals surface area contributed by atoms with Crippen LogP contribution in [0.4, 0.5) is 0 Å². The lowest BCUT2D eigenvalue weighted by Crippen LogP contribution is -2.32. The Kier molecular flexibility index (Phi) is 4.39. The molecule has 2 saturated carbocycles. The lowest BCUT2D eigenvalue weighted by Gasteiger charge is -2.22. The molecule has 2 aliphatic rings. The Hall–Kier alpha value is -0.770. The van der Waals surface area contributed by atoms with Gasteiger partial charge in [0, 0.05) is 12.0 Å². The molecule has 0 aromatic heterocycles. The monoisotopic (exact) mass is 267 g/mol. The number of nitrogens with zero attached hydrogens (tertiary/aromatic N) is 1. The molecule has 2 fully saturated rings. The van der Waals surface area contributed by atoms with Crippen molar-refractivity contribution in [2.75, 3.05) is 13.1 Å². The predicted molar refractivity (Wildman–Crippen MR) is 78.3 cm³/mol. The molecule has 0 unspecified atom stereocenters. The summed E-state index contributed by atoms with van der Waals surface area (Å²) in [6, 6.07) is 0. The van der Waals surface area contributed by atoms with Crippen LogP contribution in [-0.2, 0) is 0 Å². The van der Waals surface area contributed by atoms with E-state index in [1.807, 2.05) is 13.8 Å². The minimum absolute atomic E-state index is 0.194. The topological polar surface area (TPSA) is 70.6 Å².